The first kappa shape index (κ1) is 16.1. The van der Waals surface area contributed by atoms with Crippen LogP contribution in [-0.2, 0) is 21.2 Å². The highest BCUT2D eigenvalue weighted by atomic mass is 17.3. The first-order valence-corrected chi connectivity index (χ1v) is 7.99. The molecule has 1 aliphatic rings. The van der Waals surface area contributed by atoms with Crippen molar-refractivity contribution in [1.29, 1.82) is 5.26 Å². The van der Waals surface area contributed by atoms with Gasteiger partial charge in [0.15, 0.2) is 0 Å². The molecule has 0 bridgehead atoms. The lowest BCUT2D eigenvalue weighted by atomic mass is 10.1. The molecule has 0 spiro atoms. The maximum atomic E-state index is 12.3. The fourth-order valence-electron chi connectivity index (χ4n) is 2.91. The second-order valence-corrected chi connectivity index (χ2v) is 5.52. The Morgan fingerprint density at radius 1 is 1.38 bits per heavy atom. The van der Waals surface area contributed by atoms with Crippen molar-refractivity contribution in [3.8, 4) is 6.07 Å². The van der Waals surface area contributed by atoms with E-state index in [9.17, 15) is 10.1 Å². The molecule has 8 heteroatoms. The van der Waals surface area contributed by atoms with Crippen LogP contribution in [0.25, 0.3) is 5.52 Å². The van der Waals surface area contributed by atoms with Crippen LogP contribution in [0.3, 0.4) is 0 Å². The Kier molecular flexibility index (Phi) is 4.01. The van der Waals surface area contributed by atoms with Gasteiger partial charge in [-0.2, -0.15) is 15.4 Å². The van der Waals surface area contributed by atoms with E-state index in [0.29, 0.717) is 33.6 Å². The SMILES string of the molecule is CCOC(=O)c1cn2ncc(C#N)c3c2c1COON3c1ccccc1. The van der Waals surface area contributed by atoms with Crippen LogP contribution in [0.5, 0.6) is 0 Å². The third kappa shape index (κ3) is 2.47. The first-order valence-electron chi connectivity index (χ1n) is 7.99. The molecule has 1 aliphatic heterocycles. The number of nitrogens with zero attached hydrogens (tertiary/aromatic N) is 4. The van der Waals surface area contributed by atoms with Gasteiger partial charge >= 0.3 is 5.97 Å². The number of aromatic nitrogens is 2. The van der Waals surface area contributed by atoms with Gasteiger partial charge in [-0.15, -0.1) is 4.99 Å². The van der Waals surface area contributed by atoms with Gasteiger partial charge in [0.2, 0.25) is 0 Å². The zero-order valence-electron chi connectivity index (χ0n) is 13.9. The van der Waals surface area contributed by atoms with Gasteiger partial charge in [-0.25, -0.2) is 14.2 Å². The van der Waals surface area contributed by atoms with Gasteiger partial charge in [-0.3, -0.25) is 0 Å². The van der Waals surface area contributed by atoms with Crippen LogP contribution >= 0.6 is 0 Å². The minimum atomic E-state index is -0.478. The smallest absolute Gasteiger partial charge is 0.340 e. The van der Waals surface area contributed by atoms with Crippen LogP contribution in [0.2, 0.25) is 0 Å². The minimum absolute atomic E-state index is 0.0115. The van der Waals surface area contributed by atoms with Crippen molar-refractivity contribution in [3.05, 3.63) is 59.4 Å². The molecule has 3 heterocycles. The van der Waals surface area contributed by atoms with Gasteiger partial charge in [0, 0.05) is 11.8 Å². The summed E-state index contributed by atoms with van der Waals surface area (Å²) in [5.74, 6) is -0.478. The van der Waals surface area contributed by atoms with E-state index in [0.717, 1.165) is 0 Å². The lowest BCUT2D eigenvalue weighted by Crippen LogP contribution is -2.18. The number of carbonyl (C=O) groups excluding carboxylic acids is 1. The predicted octanol–water partition coefficient (Wildman–Crippen LogP) is 2.90. The topological polar surface area (TPSA) is 89.1 Å². The number of esters is 1. The van der Waals surface area contributed by atoms with E-state index in [4.69, 9.17) is 14.6 Å². The lowest BCUT2D eigenvalue weighted by molar-refractivity contribution is -0.303. The molecule has 0 unspecified atom stereocenters. The molecule has 130 valence electrons. The van der Waals surface area contributed by atoms with Crippen molar-refractivity contribution in [2.75, 3.05) is 11.7 Å². The summed E-state index contributed by atoms with van der Waals surface area (Å²) in [6.07, 6.45) is 3.00. The van der Waals surface area contributed by atoms with E-state index >= 15 is 0 Å². The molecule has 3 aromatic rings. The molecule has 4 rings (SSSR count). The zero-order chi connectivity index (χ0) is 18.1. The van der Waals surface area contributed by atoms with Crippen LogP contribution in [0, 0.1) is 11.3 Å². The number of nitriles is 1. The molecule has 0 radical (unpaired) electrons. The maximum Gasteiger partial charge on any atom is 0.340 e. The molecule has 0 saturated heterocycles. The largest absolute Gasteiger partial charge is 0.462 e. The molecule has 0 amide bonds. The molecule has 2 aromatic heterocycles. The molecule has 26 heavy (non-hydrogen) atoms. The maximum absolute atomic E-state index is 12.3. The molecule has 0 atom stereocenters. The second kappa shape index (κ2) is 6.48. The number of para-hydroxylation sites is 1. The molecular formula is C18H14N4O4. The highest BCUT2D eigenvalue weighted by Crippen LogP contribution is 2.38. The van der Waals surface area contributed by atoms with E-state index in [2.05, 4.69) is 11.2 Å². The average molecular weight is 350 g/mol. The summed E-state index contributed by atoms with van der Waals surface area (Å²) in [6, 6.07) is 11.3. The summed E-state index contributed by atoms with van der Waals surface area (Å²) in [5, 5.41) is 15.2. The van der Waals surface area contributed by atoms with Crippen molar-refractivity contribution in [2.24, 2.45) is 0 Å². The van der Waals surface area contributed by atoms with Gasteiger partial charge < -0.3 is 4.74 Å². The number of hydrogen-bond acceptors (Lipinski definition) is 7. The number of rotatable bonds is 3. The Hall–Kier alpha value is -3.41. The fourth-order valence-corrected chi connectivity index (χ4v) is 2.91. The van der Waals surface area contributed by atoms with Gasteiger partial charge in [-0.1, -0.05) is 18.2 Å². The number of carbonyl (C=O) groups is 1. The minimum Gasteiger partial charge on any atom is -0.462 e. The Morgan fingerprint density at radius 2 is 2.19 bits per heavy atom. The molecule has 8 nitrogen and oxygen atoms in total. The summed E-state index contributed by atoms with van der Waals surface area (Å²) < 4.78 is 6.65. The number of hydrogen-bond donors (Lipinski definition) is 0. The van der Waals surface area contributed by atoms with Crippen LogP contribution < -0.4 is 5.06 Å². The van der Waals surface area contributed by atoms with Crippen LogP contribution in [-0.4, -0.2) is 22.2 Å². The summed E-state index contributed by atoms with van der Waals surface area (Å²) in [5.41, 5.74) is 2.87. The molecule has 0 N–H and O–H groups in total. The quantitative estimate of drug-likeness (QED) is 0.530. The summed E-state index contributed by atoms with van der Waals surface area (Å²) in [4.78, 5) is 23.1. The number of benzene rings is 1. The van der Waals surface area contributed by atoms with E-state index in [1.54, 1.807) is 13.1 Å². The van der Waals surface area contributed by atoms with Crippen molar-refractivity contribution >= 4 is 22.9 Å². The van der Waals surface area contributed by atoms with E-state index < -0.39 is 5.97 Å². The Bertz CT molecular complexity index is 1020. The van der Waals surface area contributed by atoms with Crippen LogP contribution in [0.1, 0.15) is 28.4 Å². The summed E-state index contributed by atoms with van der Waals surface area (Å²) in [6.45, 7) is 2.00. The average Bonchev–Trinajstić information content (AvgIpc) is 2.92. The standard InChI is InChI=1S/C18H14N4O4/c1-2-24-18(23)14-10-21-17-15(14)11-25-26-22(13-6-4-3-5-7-13)16(17)12(8-19)9-20-21/h3-7,9-10H,2,11H2,1H3. The number of anilines is 2. The van der Waals surface area contributed by atoms with Crippen LogP contribution in [0.4, 0.5) is 11.4 Å². The fraction of sp³-hybridized carbons (Fsp3) is 0.167. The van der Waals surface area contributed by atoms with Gasteiger partial charge in [0.25, 0.3) is 0 Å². The van der Waals surface area contributed by atoms with Crippen molar-refractivity contribution in [2.45, 2.75) is 13.5 Å². The van der Waals surface area contributed by atoms with Gasteiger partial charge in [0.05, 0.1) is 29.6 Å². The normalized spacial score (nSPS) is 13.3. The lowest BCUT2D eigenvalue weighted by Gasteiger charge is -2.21. The van der Waals surface area contributed by atoms with E-state index in [-0.39, 0.29) is 13.2 Å². The van der Waals surface area contributed by atoms with Crippen molar-refractivity contribution in [1.82, 2.24) is 9.61 Å². The van der Waals surface area contributed by atoms with E-state index in [1.807, 2.05) is 30.3 Å². The van der Waals surface area contributed by atoms with Gasteiger partial charge in [0.1, 0.15) is 23.9 Å². The van der Waals surface area contributed by atoms with Crippen molar-refractivity contribution in [3.63, 3.8) is 0 Å². The Balaban J connectivity index is 2.00. The summed E-state index contributed by atoms with van der Waals surface area (Å²) >= 11 is 0. The predicted molar refractivity (Wildman–Crippen MR) is 90.3 cm³/mol. The van der Waals surface area contributed by atoms with Gasteiger partial charge in [-0.05, 0) is 19.1 Å². The Labute approximate surface area is 148 Å². The summed E-state index contributed by atoms with van der Waals surface area (Å²) in [7, 11) is 0. The van der Waals surface area contributed by atoms with Crippen LogP contribution in [0.15, 0.2) is 42.7 Å². The third-order valence-electron chi connectivity index (χ3n) is 4.02. The molecular weight excluding hydrogens is 336 g/mol. The number of ether oxygens (including phenoxy) is 1. The van der Waals surface area contributed by atoms with Crippen molar-refractivity contribution < 1.29 is 19.4 Å². The monoisotopic (exact) mass is 350 g/mol. The Morgan fingerprint density at radius 3 is 2.92 bits per heavy atom. The van der Waals surface area contributed by atoms with E-state index in [1.165, 1.54) is 15.8 Å². The first-order chi connectivity index (χ1) is 12.7. The highest BCUT2D eigenvalue weighted by molar-refractivity contribution is 5.97. The molecule has 1 aromatic carbocycles. The highest BCUT2D eigenvalue weighted by Gasteiger charge is 2.30. The molecule has 0 fully saturated rings. The molecule has 0 saturated carbocycles. The third-order valence-corrected chi connectivity index (χ3v) is 4.02. The molecule has 0 aliphatic carbocycles. The second-order valence-electron chi connectivity index (χ2n) is 5.52. The zero-order valence-corrected chi connectivity index (χ0v) is 13.9.